The van der Waals surface area contributed by atoms with Gasteiger partial charge in [-0.25, -0.2) is 0 Å². The number of carbonyl (C=O) groups is 1. The summed E-state index contributed by atoms with van der Waals surface area (Å²) in [6.07, 6.45) is -1.01. The van der Waals surface area contributed by atoms with Crippen molar-refractivity contribution in [1.29, 1.82) is 0 Å². The zero-order valence-electron chi connectivity index (χ0n) is 5.33. The van der Waals surface area contributed by atoms with Crippen molar-refractivity contribution in [2.75, 3.05) is 6.54 Å². The highest BCUT2D eigenvalue weighted by Gasteiger charge is 2.63. The van der Waals surface area contributed by atoms with Crippen molar-refractivity contribution in [3.05, 3.63) is 0 Å². The van der Waals surface area contributed by atoms with Gasteiger partial charge in [0.1, 0.15) is 0 Å². The fourth-order valence-electron chi connectivity index (χ4n) is 0.767. The average molecular weight is 171 g/mol. The van der Waals surface area contributed by atoms with E-state index in [9.17, 15) is 22.4 Å². The van der Waals surface area contributed by atoms with Crippen LogP contribution in [0.2, 0.25) is 0 Å². The van der Waals surface area contributed by atoms with Gasteiger partial charge in [-0.15, -0.1) is 0 Å². The van der Waals surface area contributed by atoms with Crippen LogP contribution in [0.1, 0.15) is 6.42 Å². The number of nitrogens with one attached hydrogen (secondary N) is 1. The first-order chi connectivity index (χ1) is 4.88. The third-order valence-electron chi connectivity index (χ3n) is 1.47. The second-order valence-corrected chi connectivity index (χ2v) is 2.28. The van der Waals surface area contributed by atoms with E-state index in [2.05, 4.69) is 0 Å². The number of alkyl halides is 4. The van der Waals surface area contributed by atoms with Crippen LogP contribution in [0.5, 0.6) is 0 Å². The third-order valence-corrected chi connectivity index (χ3v) is 1.47. The summed E-state index contributed by atoms with van der Waals surface area (Å²) in [5.41, 5.74) is 0. The Morgan fingerprint density at radius 3 is 2.18 bits per heavy atom. The van der Waals surface area contributed by atoms with Crippen molar-refractivity contribution in [2.24, 2.45) is 0 Å². The smallest absolute Gasteiger partial charge is 0.350 e. The van der Waals surface area contributed by atoms with Gasteiger partial charge in [0.15, 0.2) is 0 Å². The Bertz CT molecular complexity index is 191. The highest BCUT2D eigenvalue weighted by atomic mass is 19.3. The predicted octanol–water partition coefficient (Wildman–Crippen LogP) is 0.777. The van der Waals surface area contributed by atoms with Crippen molar-refractivity contribution in [3.8, 4) is 0 Å². The lowest BCUT2D eigenvalue weighted by Crippen LogP contribution is -2.58. The summed E-state index contributed by atoms with van der Waals surface area (Å²) in [5, 5.41) is 1.66. The highest BCUT2D eigenvalue weighted by Crippen LogP contribution is 2.38. The second-order valence-electron chi connectivity index (χ2n) is 2.28. The fraction of sp³-hybridized carbons (Fsp3) is 0.800. The van der Waals surface area contributed by atoms with Gasteiger partial charge in [-0.1, -0.05) is 0 Å². The molecule has 1 heterocycles. The molecule has 1 saturated heterocycles. The molecule has 6 heteroatoms. The summed E-state index contributed by atoms with van der Waals surface area (Å²) in [6.45, 7) is -0.401. The van der Waals surface area contributed by atoms with E-state index in [1.807, 2.05) is 0 Å². The Hall–Kier alpha value is -0.810. The molecule has 0 spiro atoms. The highest BCUT2D eigenvalue weighted by molar-refractivity contribution is 5.85. The molecule has 0 unspecified atom stereocenters. The first-order valence-electron chi connectivity index (χ1n) is 2.92. The number of hydrogen-bond donors (Lipinski definition) is 1. The van der Waals surface area contributed by atoms with Gasteiger partial charge in [0.05, 0.1) is 0 Å². The summed E-state index contributed by atoms with van der Waals surface area (Å²) in [4.78, 5) is 10.2. The molecular weight excluding hydrogens is 166 g/mol. The maximum absolute atomic E-state index is 12.2. The minimum atomic E-state index is -4.55. The molecule has 11 heavy (non-hydrogen) atoms. The molecule has 1 aliphatic rings. The fourth-order valence-corrected chi connectivity index (χ4v) is 0.767. The van der Waals surface area contributed by atoms with E-state index in [0.717, 1.165) is 0 Å². The molecule has 1 N–H and O–H groups in total. The maximum atomic E-state index is 12.2. The van der Waals surface area contributed by atoms with Gasteiger partial charge in [0, 0.05) is 13.0 Å². The van der Waals surface area contributed by atoms with Crippen LogP contribution in [0.3, 0.4) is 0 Å². The van der Waals surface area contributed by atoms with Crippen molar-refractivity contribution in [3.63, 3.8) is 0 Å². The van der Waals surface area contributed by atoms with Gasteiger partial charge in [-0.2, -0.15) is 17.6 Å². The molecule has 1 fully saturated rings. The predicted molar refractivity (Wildman–Crippen MR) is 27.5 cm³/mol. The van der Waals surface area contributed by atoms with Crippen LogP contribution < -0.4 is 5.32 Å². The molecule has 0 aromatic heterocycles. The first kappa shape index (κ1) is 8.29. The van der Waals surface area contributed by atoms with E-state index in [4.69, 9.17) is 0 Å². The lowest BCUT2D eigenvalue weighted by molar-refractivity contribution is -0.220. The SMILES string of the molecule is O=C1NCCC(F)(F)C1(F)F. The molecule has 64 valence electrons. The second kappa shape index (κ2) is 2.09. The topological polar surface area (TPSA) is 29.1 Å². The molecule has 2 nitrogen and oxygen atoms in total. The van der Waals surface area contributed by atoms with Crippen molar-refractivity contribution in [2.45, 2.75) is 18.3 Å². The molecule has 0 radical (unpaired) electrons. The largest absolute Gasteiger partial charge is 0.386 e. The van der Waals surface area contributed by atoms with Crippen LogP contribution in [-0.4, -0.2) is 24.3 Å². The minimum absolute atomic E-state index is 0.401. The Morgan fingerprint density at radius 2 is 1.82 bits per heavy atom. The standard InChI is InChI=1S/C5H5F4NO/c6-4(7)1-2-10-3(11)5(4,8)9/h1-2H2,(H,10,11). The summed E-state index contributed by atoms with van der Waals surface area (Å²) in [6, 6.07) is 0. The normalized spacial score (nSPS) is 27.8. The number of piperidine rings is 1. The molecule has 1 amide bonds. The zero-order valence-corrected chi connectivity index (χ0v) is 5.33. The molecule has 0 saturated carbocycles. The molecule has 0 aliphatic carbocycles. The zero-order chi connectivity index (χ0) is 8.70. The number of rotatable bonds is 0. The van der Waals surface area contributed by atoms with Crippen molar-refractivity contribution >= 4 is 5.91 Å². The summed E-state index contributed by atoms with van der Waals surface area (Å²) < 4.78 is 48.9. The van der Waals surface area contributed by atoms with Crippen LogP contribution in [0.25, 0.3) is 0 Å². The lowest BCUT2D eigenvalue weighted by atomic mass is 10.0. The average Bonchev–Trinajstić information content (AvgIpc) is 1.84. The molecular formula is C5H5F4NO. The molecule has 0 atom stereocenters. The van der Waals surface area contributed by atoms with Crippen LogP contribution in [0.4, 0.5) is 17.6 Å². The Morgan fingerprint density at radius 1 is 1.27 bits per heavy atom. The van der Waals surface area contributed by atoms with Crippen molar-refractivity contribution < 1.29 is 22.4 Å². The van der Waals surface area contributed by atoms with Crippen LogP contribution in [0, 0.1) is 0 Å². The monoisotopic (exact) mass is 171 g/mol. The Kier molecular flexibility index (Phi) is 1.57. The Balaban J connectivity index is 2.91. The molecule has 0 aromatic rings. The van der Waals surface area contributed by atoms with Gasteiger partial charge < -0.3 is 5.32 Å². The Labute approximate surface area is 59.6 Å². The summed E-state index contributed by atoms with van der Waals surface area (Å²) >= 11 is 0. The molecule has 0 aromatic carbocycles. The van der Waals surface area contributed by atoms with Gasteiger partial charge in [0.25, 0.3) is 5.91 Å². The van der Waals surface area contributed by atoms with E-state index in [1.165, 1.54) is 0 Å². The number of carbonyl (C=O) groups excluding carboxylic acids is 1. The van der Waals surface area contributed by atoms with E-state index < -0.39 is 30.7 Å². The van der Waals surface area contributed by atoms with Crippen LogP contribution >= 0.6 is 0 Å². The van der Waals surface area contributed by atoms with E-state index >= 15 is 0 Å². The minimum Gasteiger partial charge on any atom is -0.350 e. The quantitative estimate of drug-likeness (QED) is 0.536. The maximum Gasteiger partial charge on any atom is 0.386 e. The van der Waals surface area contributed by atoms with Crippen LogP contribution in [-0.2, 0) is 4.79 Å². The van der Waals surface area contributed by atoms with Gasteiger partial charge >= 0.3 is 11.8 Å². The van der Waals surface area contributed by atoms with Crippen LogP contribution in [0.15, 0.2) is 0 Å². The van der Waals surface area contributed by atoms with E-state index in [-0.39, 0.29) is 0 Å². The lowest BCUT2D eigenvalue weighted by Gasteiger charge is -2.29. The van der Waals surface area contributed by atoms with Crippen molar-refractivity contribution in [1.82, 2.24) is 5.32 Å². The molecule has 1 aliphatic heterocycles. The summed E-state index contributed by atoms with van der Waals surface area (Å²) in [5.74, 6) is -10.6. The third kappa shape index (κ3) is 1.06. The molecule has 1 rings (SSSR count). The number of amides is 1. The first-order valence-corrected chi connectivity index (χ1v) is 2.92. The van der Waals surface area contributed by atoms with Gasteiger partial charge in [-0.3, -0.25) is 4.79 Å². The summed E-state index contributed by atoms with van der Waals surface area (Å²) in [7, 11) is 0. The van der Waals surface area contributed by atoms with E-state index in [0.29, 0.717) is 0 Å². The number of halogens is 4. The van der Waals surface area contributed by atoms with Gasteiger partial charge in [0.2, 0.25) is 0 Å². The van der Waals surface area contributed by atoms with Gasteiger partial charge in [-0.05, 0) is 0 Å². The molecule has 0 bridgehead atoms. The number of hydrogen-bond acceptors (Lipinski definition) is 1. The van der Waals surface area contributed by atoms with E-state index in [1.54, 1.807) is 5.32 Å².